The molecule has 0 N–H and O–H groups in total. The van der Waals surface area contributed by atoms with E-state index >= 15 is 0 Å². The minimum absolute atomic E-state index is 0.0846. The third-order valence-corrected chi connectivity index (χ3v) is 3.84. The molecular weight excluding hydrogens is 204 g/mol. The van der Waals surface area contributed by atoms with Crippen molar-refractivity contribution in [2.75, 3.05) is 27.2 Å². The van der Waals surface area contributed by atoms with E-state index in [2.05, 4.69) is 23.8 Å². The van der Waals surface area contributed by atoms with Gasteiger partial charge in [0.25, 0.3) is 0 Å². The largest absolute Gasteiger partial charge is 0.469 e. The zero-order valence-corrected chi connectivity index (χ0v) is 10.5. The lowest BCUT2D eigenvalue weighted by Crippen LogP contribution is -2.57. The van der Waals surface area contributed by atoms with Crippen molar-refractivity contribution < 1.29 is 9.53 Å². The van der Waals surface area contributed by atoms with Gasteiger partial charge < -0.3 is 9.64 Å². The van der Waals surface area contributed by atoms with Crippen LogP contribution >= 0.6 is 0 Å². The Bertz CT molecular complexity index is 266. The van der Waals surface area contributed by atoms with E-state index in [1.54, 1.807) is 0 Å². The molecule has 92 valence electrons. The first-order valence-electron chi connectivity index (χ1n) is 6.14. The number of likely N-dealkylation sites (N-methyl/N-ethyl adjacent to an activating group) is 1. The molecule has 1 heterocycles. The van der Waals surface area contributed by atoms with Crippen LogP contribution in [-0.2, 0) is 9.53 Å². The number of methoxy groups -OCH3 is 1. The third-order valence-electron chi connectivity index (χ3n) is 3.84. The average Bonchev–Trinajstić information content (AvgIpc) is 3.06. The maximum absolute atomic E-state index is 11.4. The normalized spacial score (nSPS) is 32.7. The Hall–Kier alpha value is -0.610. The number of rotatable bonds is 3. The molecule has 0 aromatic heterocycles. The molecule has 0 aromatic rings. The minimum Gasteiger partial charge on any atom is -0.469 e. The molecule has 4 heteroatoms. The number of ether oxygens (including phenoxy) is 1. The number of carbonyl (C=O) groups excluding carboxylic acids is 1. The molecule has 2 atom stereocenters. The van der Waals surface area contributed by atoms with Crippen molar-refractivity contribution in [1.82, 2.24) is 9.80 Å². The molecule has 0 radical (unpaired) electrons. The summed E-state index contributed by atoms with van der Waals surface area (Å²) in [5.74, 6) is -0.0846. The first kappa shape index (κ1) is 11.9. The maximum atomic E-state index is 11.4. The number of piperazine rings is 1. The fraction of sp³-hybridized carbons (Fsp3) is 0.917. The lowest BCUT2D eigenvalue weighted by Gasteiger charge is -2.43. The van der Waals surface area contributed by atoms with E-state index in [0.717, 1.165) is 19.1 Å². The van der Waals surface area contributed by atoms with E-state index < -0.39 is 0 Å². The Morgan fingerprint density at radius 2 is 2.06 bits per heavy atom. The standard InChI is InChI=1S/C12H22N2O2/c1-9-7-14(10-4-5-10)11(8-13(9)2)6-12(15)16-3/h9-11H,4-8H2,1-3H3. The van der Waals surface area contributed by atoms with Gasteiger partial charge in [0, 0.05) is 31.2 Å². The van der Waals surface area contributed by atoms with E-state index in [9.17, 15) is 4.79 Å². The van der Waals surface area contributed by atoms with Gasteiger partial charge in [0.15, 0.2) is 0 Å². The van der Waals surface area contributed by atoms with Crippen LogP contribution in [0, 0.1) is 0 Å². The summed E-state index contributed by atoms with van der Waals surface area (Å²) in [6, 6.07) is 1.67. The van der Waals surface area contributed by atoms with Gasteiger partial charge in [-0.1, -0.05) is 0 Å². The van der Waals surface area contributed by atoms with Gasteiger partial charge in [-0.2, -0.15) is 0 Å². The molecule has 0 spiro atoms. The lowest BCUT2D eigenvalue weighted by molar-refractivity contribution is -0.143. The van der Waals surface area contributed by atoms with E-state index in [4.69, 9.17) is 4.74 Å². The number of carbonyl (C=O) groups is 1. The summed E-state index contributed by atoms with van der Waals surface area (Å²) in [7, 11) is 3.61. The molecular formula is C12H22N2O2. The van der Waals surface area contributed by atoms with Gasteiger partial charge in [-0.15, -0.1) is 0 Å². The fourth-order valence-corrected chi connectivity index (χ4v) is 2.52. The van der Waals surface area contributed by atoms with Crippen LogP contribution in [0.4, 0.5) is 0 Å². The SMILES string of the molecule is COC(=O)CC1CN(C)C(C)CN1C1CC1. The number of hydrogen-bond donors (Lipinski definition) is 0. The summed E-state index contributed by atoms with van der Waals surface area (Å²) in [4.78, 5) is 16.2. The Kier molecular flexibility index (Phi) is 3.50. The van der Waals surface area contributed by atoms with Crippen LogP contribution in [0.25, 0.3) is 0 Å². The highest BCUT2D eigenvalue weighted by Crippen LogP contribution is 2.32. The summed E-state index contributed by atoms with van der Waals surface area (Å²) in [6.45, 7) is 4.32. The molecule has 4 nitrogen and oxygen atoms in total. The molecule has 2 aliphatic rings. The van der Waals surface area contributed by atoms with Gasteiger partial charge in [-0.05, 0) is 26.8 Å². The third kappa shape index (κ3) is 2.55. The van der Waals surface area contributed by atoms with Crippen LogP contribution in [0.1, 0.15) is 26.2 Å². The summed E-state index contributed by atoms with van der Waals surface area (Å²) in [5, 5.41) is 0. The number of esters is 1. The zero-order chi connectivity index (χ0) is 11.7. The molecule has 16 heavy (non-hydrogen) atoms. The van der Waals surface area contributed by atoms with Gasteiger partial charge in [-0.3, -0.25) is 9.69 Å². The maximum Gasteiger partial charge on any atom is 0.307 e. The smallest absolute Gasteiger partial charge is 0.307 e. The predicted octanol–water partition coefficient (Wildman–Crippen LogP) is 0.716. The van der Waals surface area contributed by atoms with E-state index in [1.807, 2.05) is 0 Å². The number of hydrogen-bond acceptors (Lipinski definition) is 4. The van der Waals surface area contributed by atoms with Crippen molar-refractivity contribution in [3.05, 3.63) is 0 Å². The molecule has 1 aliphatic heterocycles. The fourth-order valence-electron chi connectivity index (χ4n) is 2.52. The summed E-state index contributed by atoms with van der Waals surface area (Å²) in [5.41, 5.74) is 0. The van der Waals surface area contributed by atoms with Crippen molar-refractivity contribution in [3.8, 4) is 0 Å². The van der Waals surface area contributed by atoms with E-state index in [1.165, 1.54) is 20.0 Å². The van der Waals surface area contributed by atoms with Crippen molar-refractivity contribution in [1.29, 1.82) is 0 Å². The van der Waals surface area contributed by atoms with Crippen LogP contribution in [-0.4, -0.2) is 61.1 Å². The van der Waals surface area contributed by atoms with E-state index in [0.29, 0.717) is 18.5 Å². The monoisotopic (exact) mass is 226 g/mol. The van der Waals surface area contributed by atoms with Crippen molar-refractivity contribution >= 4 is 5.97 Å². The summed E-state index contributed by atoms with van der Waals surface area (Å²) in [6.07, 6.45) is 3.13. The van der Waals surface area contributed by atoms with Gasteiger partial charge in [0.05, 0.1) is 13.5 Å². The summed E-state index contributed by atoms with van der Waals surface area (Å²) < 4.78 is 4.78. The van der Waals surface area contributed by atoms with Crippen molar-refractivity contribution in [3.63, 3.8) is 0 Å². The second kappa shape index (κ2) is 4.72. The molecule has 1 saturated heterocycles. The highest BCUT2D eigenvalue weighted by molar-refractivity contribution is 5.70. The second-order valence-corrected chi connectivity index (χ2v) is 5.15. The number of nitrogens with zero attached hydrogens (tertiary/aromatic N) is 2. The molecule has 2 unspecified atom stereocenters. The van der Waals surface area contributed by atoms with Gasteiger partial charge >= 0.3 is 5.97 Å². The topological polar surface area (TPSA) is 32.8 Å². The van der Waals surface area contributed by atoms with Gasteiger partial charge in [-0.25, -0.2) is 0 Å². The molecule has 0 bridgehead atoms. The molecule has 2 rings (SSSR count). The quantitative estimate of drug-likeness (QED) is 0.664. The Morgan fingerprint density at radius 1 is 1.38 bits per heavy atom. The highest BCUT2D eigenvalue weighted by Gasteiger charge is 2.39. The van der Waals surface area contributed by atoms with Gasteiger partial charge in [0.1, 0.15) is 0 Å². The Labute approximate surface area is 97.5 Å². The van der Waals surface area contributed by atoms with Gasteiger partial charge in [0.2, 0.25) is 0 Å². The van der Waals surface area contributed by atoms with Crippen molar-refractivity contribution in [2.45, 2.75) is 44.3 Å². The molecule has 0 amide bonds. The van der Waals surface area contributed by atoms with Crippen LogP contribution in [0.5, 0.6) is 0 Å². The molecule has 1 saturated carbocycles. The Morgan fingerprint density at radius 3 is 2.62 bits per heavy atom. The van der Waals surface area contributed by atoms with Crippen LogP contribution in [0.2, 0.25) is 0 Å². The molecule has 2 fully saturated rings. The Balaban J connectivity index is 1.98. The first-order chi connectivity index (χ1) is 7.61. The van der Waals surface area contributed by atoms with Crippen LogP contribution < -0.4 is 0 Å². The van der Waals surface area contributed by atoms with Crippen LogP contribution in [0.15, 0.2) is 0 Å². The molecule has 1 aliphatic carbocycles. The second-order valence-electron chi connectivity index (χ2n) is 5.15. The van der Waals surface area contributed by atoms with Crippen LogP contribution in [0.3, 0.4) is 0 Å². The minimum atomic E-state index is -0.0846. The zero-order valence-electron chi connectivity index (χ0n) is 10.5. The van der Waals surface area contributed by atoms with Crippen molar-refractivity contribution in [2.24, 2.45) is 0 Å². The molecule has 0 aromatic carbocycles. The summed E-state index contributed by atoms with van der Waals surface area (Å²) >= 11 is 0. The van der Waals surface area contributed by atoms with E-state index in [-0.39, 0.29) is 5.97 Å². The highest BCUT2D eigenvalue weighted by atomic mass is 16.5. The first-order valence-corrected chi connectivity index (χ1v) is 6.14. The predicted molar refractivity (Wildman–Crippen MR) is 62.2 cm³/mol. The average molecular weight is 226 g/mol. The lowest BCUT2D eigenvalue weighted by atomic mass is 10.0.